The molecule has 2 N–H and O–H groups in total. The molecule has 0 unspecified atom stereocenters. The Hall–Kier alpha value is -2.61. The first-order valence-electron chi connectivity index (χ1n) is 5.73. The molecule has 0 fully saturated rings. The summed E-state index contributed by atoms with van der Waals surface area (Å²) in [6.07, 6.45) is 1.48. The van der Waals surface area contributed by atoms with Gasteiger partial charge in [-0.15, -0.1) is 0 Å². The van der Waals surface area contributed by atoms with Crippen LogP contribution in [0.25, 0.3) is 0 Å². The average molecular weight is 279 g/mol. The minimum atomic E-state index is -0.511. The van der Waals surface area contributed by atoms with Crippen LogP contribution < -0.4 is 15.2 Å². The molecule has 20 heavy (non-hydrogen) atoms. The third-order valence-corrected chi connectivity index (χ3v) is 2.64. The van der Waals surface area contributed by atoms with E-state index in [2.05, 4.69) is 5.16 Å². The number of hydrogen-bond acceptors (Lipinski definition) is 7. The van der Waals surface area contributed by atoms with Crippen LogP contribution in [-0.4, -0.2) is 17.2 Å². The lowest BCUT2D eigenvalue weighted by Crippen LogP contribution is -2.04. The predicted octanol–water partition coefficient (Wildman–Crippen LogP) is 1.63. The van der Waals surface area contributed by atoms with Crippen LogP contribution in [0.4, 0.5) is 5.69 Å². The topological polar surface area (TPSA) is 114 Å². The smallest absolute Gasteiger partial charge is 0.277 e. The van der Waals surface area contributed by atoms with Gasteiger partial charge in [0.05, 0.1) is 24.3 Å². The van der Waals surface area contributed by atoms with Gasteiger partial charge in [-0.3, -0.25) is 10.1 Å². The lowest BCUT2D eigenvalue weighted by Gasteiger charge is -2.11. The van der Waals surface area contributed by atoms with Crippen molar-refractivity contribution in [1.82, 2.24) is 5.16 Å². The first-order chi connectivity index (χ1) is 9.65. The molecular formula is C12H13N3O5. The summed E-state index contributed by atoms with van der Waals surface area (Å²) >= 11 is 0. The Balaban J connectivity index is 2.30. The van der Waals surface area contributed by atoms with Gasteiger partial charge < -0.3 is 19.7 Å². The molecule has 1 heterocycles. The van der Waals surface area contributed by atoms with E-state index in [1.165, 1.54) is 25.4 Å². The van der Waals surface area contributed by atoms with Gasteiger partial charge in [-0.1, -0.05) is 5.16 Å². The Morgan fingerprint density at radius 2 is 2.25 bits per heavy atom. The largest absolute Gasteiger partial charge is 0.493 e. The molecule has 106 valence electrons. The number of nitro groups is 1. The lowest BCUT2D eigenvalue weighted by atomic mass is 10.1. The second kappa shape index (κ2) is 6.02. The molecule has 0 spiro atoms. The second-order valence-corrected chi connectivity index (χ2v) is 3.86. The predicted molar refractivity (Wildman–Crippen MR) is 68.4 cm³/mol. The summed E-state index contributed by atoms with van der Waals surface area (Å²) in [4.78, 5) is 10.5. The monoisotopic (exact) mass is 279 g/mol. The van der Waals surface area contributed by atoms with Gasteiger partial charge in [0.15, 0.2) is 17.3 Å². The van der Waals surface area contributed by atoms with Crippen molar-refractivity contribution in [3.05, 3.63) is 45.8 Å². The molecule has 0 aliphatic carbocycles. The molecule has 2 rings (SSSR count). The quantitative estimate of drug-likeness (QED) is 0.631. The van der Waals surface area contributed by atoms with E-state index < -0.39 is 4.92 Å². The maximum absolute atomic E-state index is 11.0. The summed E-state index contributed by atoms with van der Waals surface area (Å²) in [5, 5.41) is 14.5. The molecule has 0 radical (unpaired) electrons. The summed E-state index contributed by atoms with van der Waals surface area (Å²) in [5.41, 5.74) is 5.75. The molecule has 0 aliphatic heterocycles. The zero-order chi connectivity index (χ0) is 14.5. The van der Waals surface area contributed by atoms with E-state index in [-0.39, 0.29) is 24.6 Å². The Morgan fingerprint density at radius 1 is 1.45 bits per heavy atom. The van der Waals surface area contributed by atoms with Gasteiger partial charge in [0.1, 0.15) is 6.61 Å². The Morgan fingerprint density at radius 3 is 2.80 bits per heavy atom. The van der Waals surface area contributed by atoms with Crippen LogP contribution in [-0.2, 0) is 13.2 Å². The Labute approximate surface area is 114 Å². The molecule has 1 aromatic carbocycles. The van der Waals surface area contributed by atoms with Crippen LogP contribution >= 0.6 is 0 Å². The molecule has 0 saturated carbocycles. The van der Waals surface area contributed by atoms with Crippen LogP contribution in [0.15, 0.2) is 28.9 Å². The number of hydrogen-bond donors (Lipinski definition) is 1. The summed E-state index contributed by atoms with van der Waals surface area (Å²) in [7, 11) is 1.45. The lowest BCUT2D eigenvalue weighted by molar-refractivity contribution is -0.385. The number of ether oxygens (including phenoxy) is 2. The van der Waals surface area contributed by atoms with E-state index in [9.17, 15) is 10.1 Å². The molecule has 0 saturated heterocycles. The fraction of sp³-hybridized carbons (Fsp3) is 0.250. The van der Waals surface area contributed by atoms with Crippen molar-refractivity contribution in [2.75, 3.05) is 7.11 Å². The van der Waals surface area contributed by atoms with Crippen molar-refractivity contribution < 1.29 is 18.9 Å². The van der Waals surface area contributed by atoms with Crippen molar-refractivity contribution in [3.8, 4) is 11.5 Å². The number of benzene rings is 1. The zero-order valence-corrected chi connectivity index (χ0v) is 10.7. The molecule has 1 aromatic heterocycles. The molecule has 0 amide bonds. The number of methoxy groups -OCH3 is 1. The fourth-order valence-electron chi connectivity index (χ4n) is 1.66. The summed E-state index contributed by atoms with van der Waals surface area (Å²) in [6, 6.07) is 4.42. The molecule has 0 aliphatic rings. The highest BCUT2D eigenvalue weighted by atomic mass is 16.6. The van der Waals surface area contributed by atoms with Crippen molar-refractivity contribution in [3.63, 3.8) is 0 Å². The maximum Gasteiger partial charge on any atom is 0.277 e. The van der Waals surface area contributed by atoms with Gasteiger partial charge in [-0.25, -0.2) is 0 Å². The summed E-state index contributed by atoms with van der Waals surface area (Å²) < 4.78 is 15.5. The van der Waals surface area contributed by atoms with Crippen LogP contribution in [0.3, 0.4) is 0 Å². The van der Waals surface area contributed by atoms with Gasteiger partial charge in [0.25, 0.3) is 5.69 Å². The molecule has 8 nitrogen and oxygen atoms in total. The van der Waals surface area contributed by atoms with Crippen LogP contribution in [0.2, 0.25) is 0 Å². The highest BCUT2D eigenvalue weighted by molar-refractivity contribution is 5.54. The van der Waals surface area contributed by atoms with Crippen molar-refractivity contribution >= 4 is 5.69 Å². The fourth-order valence-corrected chi connectivity index (χ4v) is 1.66. The standard InChI is InChI=1S/C12H13N3O5/c1-18-11-4-8(6-13)10(15(16)17)5-12(11)19-7-9-2-3-14-20-9/h2-5H,6-7,13H2,1H3. The molecule has 2 aromatic rings. The van der Waals surface area contributed by atoms with Gasteiger partial charge in [0.2, 0.25) is 0 Å². The number of nitro benzene ring substituents is 1. The van der Waals surface area contributed by atoms with Crippen molar-refractivity contribution in [1.29, 1.82) is 0 Å². The minimum Gasteiger partial charge on any atom is -0.493 e. The third kappa shape index (κ3) is 2.86. The van der Waals surface area contributed by atoms with E-state index in [0.717, 1.165) is 0 Å². The summed E-state index contributed by atoms with van der Waals surface area (Å²) in [5.74, 6) is 1.11. The third-order valence-electron chi connectivity index (χ3n) is 2.64. The number of nitrogens with two attached hydrogens (primary N) is 1. The number of rotatable bonds is 6. The van der Waals surface area contributed by atoms with Gasteiger partial charge in [-0.05, 0) is 6.07 Å². The average Bonchev–Trinajstić information content (AvgIpc) is 2.97. The highest BCUT2D eigenvalue weighted by Gasteiger charge is 2.19. The first-order valence-corrected chi connectivity index (χ1v) is 5.73. The SMILES string of the molecule is COc1cc(CN)c([N+](=O)[O-])cc1OCc1ccno1. The van der Waals surface area contributed by atoms with Crippen LogP contribution in [0, 0.1) is 10.1 Å². The molecular weight excluding hydrogens is 266 g/mol. The van der Waals surface area contributed by atoms with Crippen molar-refractivity contribution in [2.45, 2.75) is 13.2 Å². The number of aromatic nitrogens is 1. The molecule has 8 heteroatoms. The molecule has 0 atom stereocenters. The van der Waals surface area contributed by atoms with Gasteiger partial charge in [0, 0.05) is 18.2 Å². The van der Waals surface area contributed by atoms with E-state index in [0.29, 0.717) is 17.1 Å². The van der Waals surface area contributed by atoms with E-state index >= 15 is 0 Å². The number of nitrogens with zero attached hydrogens (tertiary/aromatic N) is 2. The van der Waals surface area contributed by atoms with Gasteiger partial charge >= 0.3 is 0 Å². The summed E-state index contributed by atoms with van der Waals surface area (Å²) in [6.45, 7) is 0.130. The molecule has 0 bridgehead atoms. The van der Waals surface area contributed by atoms with E-state index in [1.807, 2.05) is 0 Å². The second-order valence-electron chi connectivity index (χ2n) is 3.86. The van der Waals surface area contributed by atoms with E-state index in [1.54, 1.807) is 6.07 Å². The van der Waals surface area contributed by atoms with Gasteiger partial charge in [-0.2, -0.15) is 0 Å². The Kier molecular flexibility index (Phi) is 4.16. The van der Waals surface area contributed by atoms with Crippen LogP contribution in [0.1, 0.15) is 11.3 Å². The Bertz CT molecular complexity index is 597. The van der Waals surface area contributed by atoms with E-state index in [4.69, 9.17) is 19.7 Å². The zero-order valence-electron chi connectivity index (χ0n) is 10.7. The van der Waals surface area contributed by atoms with Crippen molar-refractivity contribution in [2.24, 2.45) is 5.73 Å². The first kappa shape index (κ1) is 13.8. The highest BCUT2D eigenvalue weighted by Crippen LogP contribution is 2.35. The van der Waals surface area contributed by atoms with Crippen LogP contribution in [0.5, 0.6) is 11.5 Å². The minimum absolute atomic E-state index is 0.0368. The normalized spacial score (nSPS) is 10.3. The maximum atomic E-state index is 11.0.